The van der Waals surface area contributed by atoms with Crippen LogP contribution in [0.3, 0.4) is 0 Å². The fourth-order valence-corrected chi connectivity index (χ4v) is 3.29. The van der Waals surface area contributed by atoms with E-state index in [1.165, 1.54) is 13.2 Å². The van der Waals surface area contributed by atoms with E-state index < -0.39 is 28.1 Å². The van der Waals surface area contributed by atoms with Crippen molar-refractivity contribution in [3.63, 3.8) is 0 Å². The Balaban J connectivity index is 2.14. The van der Waals surface area contributed by atoms with Crippen molar-refractivity contribution in [3.05, 3.63) is 84.9 Å². The maximum Gasteiger partial charge on any atom is 0.357 e. The molecule has 2 heterocycles. The summed E-state index contributed by atoms with van der Waals surface area (Å²) < 4.78 is 8.97. The highest BCUT2D eigenvalue weighted by molar-refractivity contribution is 5.71. The Morgan fingerprint density at radius 3 is 2.56 bits per heavy atom. The van der Waals surface area contributed by atoms with Crippen LogP contribution in [0.5, 0.6) is 0 Å². The smallest absolute Gasteiger partial charge is 0.357 e. The van der Waals surface area contributed by atoms with Crippen LogP contribution in [0.15, 0.2) is 52.3 Å². The summed E-state index contributed by atoms with van der Waals surface area (Å²) in [4.78, 5) is 37.0. The molecule has 168 valence electrons. The first kappa shape index (κ1) is 22.9. The van der Waals surface area contributed by atoms with Crippen LogP contribution in [-0.2, 0) is 11.3 Å². The summed E-state index contributed by atoms with van der Waals surface area (Å²) in [6, 6.07) is 9.44. The van der Waals surface area contributed by atoms with Crippen LogP contribution in [0.25, 0.3) is 17.8 Å². The molecular weight excluding hydrogens is 414 g/mol. The largest absolute Gasteiger partial charge is 0.361 e. The second-order valence-electron chi connectivity index (χ2n) is 7.18. The van der Waals surface area contributed by atoms with Gasteiger partial charge in [0.05, 0.1) is 16.8 Å². The molecular formula is C22H25N5O5. The molecule has 10 nitrogen and oxygen atoms in total. The molecule has 0 saturated heterocycles. The number of nitro groups is 1. The third-order valence-corrected chi connectivity index (χ3v) is 5.07. The van der Waals surface area contributed by atoms with Crippen molar-refractivity contribution in [2.45, 2.75) is 39.5 Å². The molecule has 1 unspecified atom stereocenters. The molecule has 2 aromatic heterocycles. The highest BCUT2D eigenvalue weighted by Crippen LogP contribution is 2.20. The van der Waals surface area contributed by atoms with Crippen molar-refractivity contribution in [2.24, 2.45) is 0 Å². The van der Waals surface area contributed by atoms with E-state index in [0.717, 1.165) is 21.2 Å². The Bertz CT molecular complexity index is 1240. The van der Waals surface area contributed by atoms with Crippen LogP contribution in [0.1, 0.15) is 44.2 Å². The number of benzene rings is 1. The average Bonchev–Trinajstić information content (AvgIpc) is 3.26. The number of ether oxygens (including phenoxy) is 1. The zero-order valence-corrected chi connectivity index (χ0v) is 18.2. The standard InChI is InChI=1S/C22H25N5O5/c1-4-5-13-24-21(28)20(27(30)31)19(26(22(24)29)16(2)32-3)12-11-17-14-23-25(15-17)18-9-7-6-8-10-18/h6-12,14-16H,4-5,13H2,1-3H3. The van der Waals surface area contributed by atoms with Gasteiger partial charge in [0, 0.05) is 25.4 Å². The number of unbranched alkanes of at least 4 members (excludes halogenated alkanes) is 1. The Hall–Kier alpha value is -3.79. The zero-order chi connectivity index (χ0) is 23.3. The minimum Gasteiger partial charge on any atom is -0.361 e. The van der Waals surface area contributed by atoms with Gasteiger partial charge in [-0.15, -0.1) is 0 Å². The Morgan fingerprint density at radius 2 is 1.94 bits per heavy atom. The molecule has 0 radical (unpaired) electrons. The Kier molecular flexibility index (Phi) is 7.16. The van der Waals surface area contributed by atoms with Gasteiger partial charge in [0.1, 0.15) is 11.9 Å². The number of aromatic nitrogens is 4. The van der Waals surface area contributed by atoms with E-state index in [4.69, 9.17) is 4.74 Å². The third kappa shape index (κ3) is 4.59. The first-order valence-corrected chi connectivity index (χ1v) is 10.2. The van der Waals surface area contributed by atoms with Crippen molar-refractivity contribution in [1.82, 2.24) is 18.9 Å². The molecule has 1 aromatic carbocycles. The zero-order valence-electron chi connectivity index (χ0n) is 18.2. The molecule has 1 atom stereocenters. The lowest BCUT2D eigenvalue weighted by atomic mass is 10.2. The van der Waals surface area contributed by atoms with Gasteiger partial charge in [0.2, 0.25) is 0 Å². The summed E-state index contributed by atoms with van der Waals surface area (Å²) in [5.74, 6) is 0. The third-order valence-electron chi connectivity index (χ3n) is 5.07. The number of para-hydroxylation sites is 1. The highest BCUT2D eigenvalue weighted by atomic mass is 16.6. The number of hydrogen-bond donors (Lipinski definition) is 0. The van der Waals surface area contributed by atoms with Crippen molar-refractivity contribution in [2.75, 3.05) is 7.11 Å². The molecule has 3 rings (SSSR count). The lowest BCUT2D eigenvalue weighted by molar-refractivity contribution is -0.387. The average molecular weight is 439 g/mol. The molecule has 0 fully saturated rings. The summed E-state index contributed by atoms with van der Waals surface area (Å²) in [7, 11) is 1.39. The van der Waals surface area contributed by atoms with E-state index >= 15 is 0 Å². The van der Waals surface area contributed by atoms with E-state index in [0.29, 0.717) is 12.0 Å². The summed E-state index contributed by atoms with van der Waals surface area (Å²) in [6.45, 7) is 3.59. The minimum absolute atomic E-state index is 0.0965. The van der Waals surface area contributed by atoms with Crippen LogP contribution in [0, 0.1) is 10.1 Å². The van der Waals surface area contributed by atoms with Gasteiger partial charge in [-0.05, 0) is 37.6 Å². The van der Waals surface area contributed by atoms with Gasteiger partial charge in [-0.2, -0.15) is 5.10 Å². The quantitative estimate of drug-likeness (QED) is 0.373. The number of nitrogens with zero attached hydrogens (tertiary/aromatic N) is 5. The molecule has 0 amide bonds. The van der Waals surface area contributed by atoms with E-state index in [2.05, 4.69) is 5.10 Å². The van der Waals surface area contributed by atoms with Gasteiger partial charge < -0.3 is 4.74 Å². The minimum atomic E-state index is -0.923. The SMILES string of the molecule is CCCCn1c(=O)c([N+](=O)[O-])c(C=Cc2cnn(-c3ccccc3)c2)n(C(C)OC)c1=O. The van der Waals surface area contributed by atoms with Crippen LogP contribution in [0.4, 0.5) is 5.69 Å². The van der Waals surface area contributed by atoms with Gasteiger partial charge in [-0.1, -0.05) is 31.5 Å². The van der Waals surface area contributed by atoms with Crippen LogP contribution >= 0.6 is 0 Å². The number of hydrogen-bond acceptors (Lipinski definition) is 6. The molecule has 10 heteroatoms. The fourth-order valence-electron chi connectivity index (χ4n) is 3.29. The van der Waals surface area contributed by atoms with Crippen molar-refractivity contribution >= 4 is 17.8 Å². The van der Waals surface area contributed by atoms with E-state index in [-0.39, 0.29) is 12.2 Å². The second kappa shape index (κ2) is 10.0. The molecule has 0 aliphatic carbocycles. The van der Waals surface area contributed by atoms with Gasteiger partial charge >= 0.3 is 16.9 Å². The van der Waals surface area contributed by atoms with Gasteiger partial charge in [-0.25, -0.2) is 9.48 Å². The molecule has 0 bridgehead atoms. The van der Waals surface area contributed by atoms with Crippen molar-refractivity contribution in [1.29, 1.82) is 0 Å². The summed E-state index contributed by atoms with van der Waals surface area (Å²) >= 11 is 0. The van der Waals surface area contributed by atoms with Crippen molar-refractivity contribution < 1.29 is 9.66 Å². The monoisotopic (exact) mass is 439 g/mol. The summed E-state index contributed by atoms with van der Waals surface area (Å²) in [5, 5.41) is 16.1. The van der Waals surface area contributed by atoms with E-state index in [9.17, 15) is 19.7 Å². The molecule has 0 N–H and O–H groups in total. The van der Waals surface area contributed by atoms with Gasteiger partial charge in [0.15, 0.2) is 0 Å². The normalized spacial score (nSPS) is 12.3. The van der Waals surface area contributed by atoms with Crippen molar-refractivity contribution in [3.8, 4) is 5.69 Å². The molecule has 0 spiro atoms. The lowest BCUT2D eigenvalue weighted by Gasteiger charge is -2.18. The molecule has 0 saturated carbocycles. The molecule has 3 aromatic rings. The number of rotatable bonds is 9. The maximum atomic E-state index is 13.1. The predicted molar refractivity (Wildman–Crippen MR) is 121 cm³/mol. The van der Waals surface area contributed by atoms with Crippen LogP contribution in [-0.4, -0.2) is 30.9 Å². The van der Waals surface area contributed by atoms with Gasteiger partial charge in [0.25, 0.3) is 0 Å². The first-order chi connectivity index (χ1) is 15.4. The Labute approximate surface area is 184 Å². The highest BCUT2D eigenvalue weighted by Gasteiger charge is 2.28. The fraction of sp³-hybridized carbons (Fsp3) is 0.318. The number of methoxy groups -OCH3 is 1. The van der Waals surface area contributed by atoms with Gasteiger partial charge in [-0.3, -0.25) is 24.0 Å². The summed E-state index contributed by atoms with van der Waals surface area (Å²) in [6.07, 6.45) is 6.73. The van der Waals surface area contributed by atoms with Crippen LogP contribution < -0.4 is 11.2 Å². The second-order valence-corrected chi connectivity index (χ2v) is 7.18. The maximum absolute atomic E-state index is 13.1. The Morgan fingerprint density at radius 1 is 1.22 bits per heavy atom. The summed E-state index contributed by atoms with van der Waals surface area (Å²) in [5.41, 5.74) is -0.879. The van der Waals surface area contributed by atoms with E-state index in [1.54, 1.807) is 30.1 Å². The molecule has 32 heavy (non-hydrogen) atoms. The molecule has 0 aliphatic rings. The predicted octanol–water partition coefficient (Wildman–Crippen LogP) is 3.24. The molecule has 0 aliphatic heterocycles. The van der Waals surface area contributed by atoms with Crippen LogP contribution in [0.2, 0.25) is 0 Å². The first-order valence-electron chi connectivity index (χ1n) is 10.2. The van der Waals surface area contributed by atoms with E-state index in [1.807, 2.05) is 37.3 Å². The topological polar surface area (TPSA) is 114 Å². The lowest BCUT2D eigenvalue weighted by Crippen LogP contribution is -2.43.